The van der Waals surface area contributed by atoms with Crippen LogP contribution in [0, 0.1) is 29.1 Å². The van der Waals surface area contributed by atoms with Crippen molar-refractivity contribution in [3.63, 3.8) is 0 Å². The predicted molar refractivity (Wildman–Crippen MR) is 69.4 cm³/mol. The van der Waals surface area contributed by atoms with E-state index in [4.69, 9.17) is 0 Å². The molecule has 0 amide bonds. The minimum Gasteiger partial charge on any atom is -0.296 e. The smallest absolute Gasteiger partial charge is 0.0726 e. The Kier molecular flexibility index (Phi) is 4.27. The van der Waals surface area contributed by atoms with Crippen molar-refractivity contribution in [3.05, 3.63) is 24.3 Å². The summed E-state index contributed by atoms with van der Waals surface area (Å²) in [6.45, 7) is 7.14. The molecule has 0 aliphatic carbocycles. The van der Waals surface area contributed by atoms with Gasteiger partial charge in [0.1, 0.15) is 0 Å². The van der Waals surface area contributed by atoms with E-state index >= 15 is 0 Å². The molecule has 0 aromatic carbocycles. The van der Waals surface area contributed by atoms with E-state index in [1.54, 1.807) is 18.6 Å². The second-order valence-electron chi connectivity index (χ2n) is 5.36. The van der Waals surface area contributed by atoms with E-state index in [-0.39, 0.29) is 5.92 Å². The van der Waals surface area contributed by atoms with Crippen LogP contribution in [0.25, 0.3) is 0 Å². The Morgan fingerprint density at radius 2 is 2.33 bits per heavy atom. The zero-order chi connectivity index (χ0) is 13.0. The third-order valence-corrected chi connectivity index (χ3v) is 3.77. The highest BCUT2D eigenvalue weighted by atomic mass is 15.1. The van der Waals surface area contributed by atoms with Crippen molar-refractivity contribution in [2.24, 2.45) is 17.8 Å². The normalized spacial score (nSPS) is 25.0. The number of nitriles is 1. The fourth-order valence-electron chi connectivity index (χ4n) is 2.76. The molecule has 18 heavy (non-hydrogen) atoms. The summed E-state index contributed by atoms with van der Waals surface area (Å²) in [6, 6.07) is 2.47. The first-order chi connectivity index (χ1) is 8.70. The van der Waals surface area contributed by atoms with E-state index in [9.17, 15) is 5.26 Å². The number of hydrogen-bond donors (Lipinski definition) is 0. The molecule has 4 heteroatoms. The maximum absolute atomic E-state index is 9.29. The summed E-state index contributed by atoms with van der Waals surface area (Å²) in [5.74, 6) is 1.27. The number of hydrogen-bond acceptors (Lipinski definition) is 4. The summed E-state index contributed by atoms with van der Waals surface area (Å²) < 4.78 is 0. The van der Waals surface area contributed by atoms with Crippen LogP contribution < -0.4 is 0 Å². The zero-order valence-corrected chi connectivity index (χ0v) is 11.1. The Labute approximate surface area is 109 Å². The number of likely N-dealkylation sites (tertiary alicyclic amines) is 1. The highest BCUT2D eigenvalue weighted by molar-refractivity contribution is 4.99. The van der Waals surface area contributed by atoms with Crippen molar-refractivity contribution in [3.8, 4) is 6.07 Å². The van der Waals surface area contributed by atoms with E-state index in [0.717, 1.165) is 31.7 Å². The molecule has 0 saturated carbocycles. The summed E-state index contributed by atoms with van der Waals surface area (Å²) >= 11 is 0. The molecule has 1 saturated heterocycles. The van der Waals surface area contributed by atoms with Gasteiger partial charge in [0.25, 0.3) is 0 Å². The third kappa shape index (κ3) is 3.05. The first-order valence-corrected chi connectivity index (χ1v) is 6.57. The van der Waals surface area contributed by atoms with Crippen LogP contribution in [0.2, 0.25) is 0 Å². The highest BCUT2D eigenvalue weighted by Gasteiger charge is 2.31. The zero-order valence-electron chi connectivity index (χ0n) is 11.1. The molecule has 0 radical (unpaired) electrons. The lowest BCUT2D eigenvalue weighted by molar-refractivity contribution is 0.114. The highest BCUT2D eigenvalue weighted by Crippen LogP contribution is 2.29. The van der Waals surface area contributed by atoms with E-state index in [2.05, 4.69) is 34.8 Å². The molecule has 1 fully saturated rings. The van der Waals surface area contributed by atoms with Crippen LogP contribution in [0.3, 0.4) is 0 Å². The molecule has 4 nitrogen and oxygen atoms in total. The minimum absolute atomic E-state index is 0.149. The Morgan fingerprint density at radius 1 is 1.50 bits per heavy atom. The first-order valence-electron chi connectivity index (χ1n) is 6.57. The number of rotatable bonds is 3. The first kappa shape index (κ1) is 13.0. The van der Waals surface area contributed by atoms with Gasteiger partial charge in [-0.05, 0) is 24.8 Å². The Hall–Kier alpha value is -1.47. The topological polar surface area (TPSA) is 52.8 Å². The SMILES string of the molecule is CC(C)C1CCN(Cc2cnccn2)CC1C#N. The molecule has 2 atom stereocenters. The predicted octanol–water partition coefficient (Wildman–Crippen LogP) is 2.09. The summed E-state index contributed by atoms with van der Waals surface area (Å²) in [4.78, 5) is 10.7. The molecule has 1 aliphatic rings. The third-order valence-electron chi connectivity index (χ3n) is 3.77. The lowest BCUT2D eigenvalue weighted by atomic mass is 9.79. The van der Waals surface area contributed by atoms with E-state index in [1.807, 2.05) is 0 Å². The molecule has 2 rings (SSSR count). The minimum atomic E-state index is 0.149. The molecule has 0 bridgehead atoms. The molecule has 0 spiro atoms. The van der Waals surface area contributed by atoms with Gasteiger partial charge in [0.15, 0.2) is 0 Å². The summed E-state index contributed by atoms with van der Waals surface area (Å²) in [5, 5.41) is 9.29. The van der Waals surface area contributed by atoms with Gasteiger partial charge in [0, 0.05) is 31.7 Å². The van der Waals surface area contributed by atoms with Crippen LogP contribution >= 0.6 is 0 Å². The molecule has 2 unspecified atom stereocenters. The van der Waals surface area contributed by atoms with Gasteiger partial charge >= 0.3 is 0 Å². The van der Waals surface area contributed by atoms with Crippen molar-refractivity contribution in [2.75, 3.05) is 13.1 Å². The summed E-state index contributed by atoms with van der Waals surface area (Å²) in [6.07, 6.45) is 6.32. The van der Waals surface area contributed by atoms with Gasteiger partial charge in [0.2, 0.25) is 0 Å². The molecule has 96 valence electrons. The molecule has 1 aromatic rings. The monoisotopic (exact) mass is 244 g/mol. The lowest BCUT2D eigenvalue weighted by Crippen LogP contribution is -2.41. The van der Waals surface area contributed by atoms with Gasteiger partial charge in [-0.3, -0.25) is 14.9 Å². The summed E-state index contributed by atoms with van der Waals surface area (Å²) in [7, 11) is 0. The van der Waals surface area contributed by atoms with E-state index < -0.39 is 0 Å². The van der Waals surface area contributed by atoms with Crippen LogP contribution in [-0.2, 0) is 6.54 Å². The average molecular weight is 244 g/mol. The van der Waals surface area contributed by atoms with Gasteiger partial charge in [-0.25, -0.2) is 0 Å². The van der Waals surface area contributed by atoms with Crippen LogP contribution in [0.15, 0.2) is 18.6 Å². The Bertz CT molecular complexity index is 410. The maximum Gasteiger partial charge on any atom is 0.0726 e. The fourth-order valence-corrected chi connectivity index (χ4v) is 2.76. The Balaban J connectivity index is 1.96. The maximum atomic E-state index is 9.29. The van der Waals surface area contributed by atoms with Gasteiger partial charge in [-0.2, -0.15) is 5.26 Å². The van der Waals surface area contributed by atoms with Crippen LogP contribution in [0.5, 0.6) is 0 Å². The average Bonchev–Trinajstić information content (AvgIpc) is 2.39. The Morgan fingerprint density at radius 3 is 2.94 bits per heavy atom. The van der Waals surface area contributed by atoms with Crippen molar-refractivity contribution in [1.29, 1.82) is 5.26 Å². The van der Waals surface area contributed by atoms with Gasteiger partial charge < -0.3 is 0 Å². The summed E-state index contributed by atoms with van der Waals surface area (Å²) in [5.41, 5.74) is 0.984. The van der Waals surface area contributed by atoms with Crippen molar-refractivity contribution in [1.82, 2.24) is 14.9 Å². The molecule has 2 heterocycles. The van der Waals surface area contributed by atoms with Crippen molar-refractivity contribution in [2.45, 2.75) is 26.8 Å². The molecular weight excluding hydrogens is 224 g/mol. The van der Waals surface area contributed by atoms with Crippen LogP contribution in [-0.4, -0.2) is 28.0 Å². The van der Waals surface area contributed by atoms with E-state index in [1.165, 1.54) is 0 Å². The van der Waals surface area contributed by atoms with Gasteiger partial charge in [-0.1, -0.05) is 13.8 Å². The molecular formula is C14H20N4. The second kappa shape index (κ2) is 5.92. The van der Waals surface area contributed by atoms with E-state index in [0.29, 0.717) is 11.8 Å². The van der Waals surface area contributed by atoms with Gasteiger partial charge in [-0.15, -0.1) is 0 Å². The fraction of sp³-hybridized carbons (Fsp3) is 0.643. The lowest BCUT2D eigenvalue weighted by Gasteiger charge is -2.37. The van der Waals surface area contributed by atoms with Gasteiger partial charge in [0.05, 0.1) is 17.7 Å². The molecule has 1 aliphatic heterocycles. The van der Waals surface area contributed by atoms with Crippen LogP contribution in [0.1, 0.15) is 26.0 Å². The van der Waals surface area contributed by atoms with Crippen molar-refractivity contribution >= 4 is 0 Å². The number of piperidine rings is 1. The second-order valence-corrected chi connectivity index (χ2v) is 5.36. The molecule has 1 aromatic heterocycles. The largest absolute Gasteiger partial charge is 0.296 e. The molecule has 0 N–H and O–H groups in total. The van der Waals surface area contributed by atoms with Crippen LogP contribution in [0.4, 0.5) is 0 Å². The van der Waals surface area contributed by atoms with Crippen molar-refractivity contribution < 1.29 is 0 Å². The number of nitrogens with zero attached hydrogens (tertiary/aromatic N) is 4. The standard InChI is InChI=1S/C14H20N4/c1-11(2)14-3-6-18(9-12(14)7-15)10-13-8-16-4-5-17-13/h4-5,8,11-12,14H,3,6,9-10H2,1-2H3. The number of aromatic nitrogens is 2. The quantitative estimate of drug-likeness (QED) is 0.817.